The van der Waals surface area contributed by atoms with Crippen LogP contribution in [0.1, 0.15) is 13.3 Å². The molecule has 1 unspecified atom stereocenters. The second-order valence-electron chi connectivity index (χ2n) is 3.23. The first kappa shape index (κ1) is 9.34. The van der Waals surface area contributed by atoms with Gasteiger partial charge in [0.15, 0.2) is 0 Å². The van der Waals surface area contributed by atoms with Crippen LogP contribution in [0.4, 0.5) is 0 Å². The van der Waals surface area contributed by atoms with Crippen molar-refractivity contribution in [1.29, 1.82) is 0 Å². The highest BCUT2D eigenvalue weighted by Crippen LogP contribution is 2.44. The van der Waals surface area contributed by atoms with Crippen molar-refractivity contribution in [2.75, 3.05) is 13.2 Å². The Morgan fingerprint density at radius 2 is 2.00 bits per heavy atom. The number of hydrogen-bond acceptors (Lipinski definition) is 5. The normalized spacial score (nSPS) is 43.5. The van der Waals surface area contributed by atoms with Crippen LogP contribution in [0.5, 0.6) is 0 Å². The lowest BCUT2D eigenvalue weighted by Crippen LogP contribution is -2.55. The van der Waals surface area contributed by atoms with Crippen LogP contribution >= 0.6 is 7.68 Å². The fraction of sp³-hybridized carbons (Fsp3) is 1.00. The van der Waals surface area contributed by atoms with E-state index in [1.54, 1.807) is 0 Å². The highest BCUT2D eigenvalue weighted by Gasteiger charge is 2.54. The van der Waals surface area contributed by atoms with Crippen molar-refractivity contribution in [2.24, 2.45) is 5.92 Å². The maximum atomic E-state index is 10.9. The smallest absolute Gasteiger partial charge is 0.315 e. The minimum absolute atomic E-state index is 0.0598. The van der Waals surface area contributed by atoms with E-state index >= 15 is 0 Å². The van der Waals surface area contributed by atoms with Crippen LogP contribution in [0.25, 0.3) is 0 Å². The minimum atomic E-state index is -2.86. The van der Waals surface area contributed by atoms with Gasteiger partial charge in [0.05, 0.1) is 19.3 Å². The Morgan fingerprint density at radius 1 is 1.38 bits per heavy atom. The third-order valence-corrected chi connectivity index (χ3v) is 3.22. The Hall–Kier alpha value is -0.220. The topological polar surface area (TPSA) is 61.8 Å². The maximum absolute atomic E-state index is 10.9. The molecule has 3 aliphatic heterocycles. The monoisotopic (exact) mass is 206 g/mol. The van der Waals surface area contributed by atoms with Crippen molar-refractivity contribution in [3.05, 3.63) is 0 Å². The van der Waals surface area contributed by atoms with Crippen molar-refractivity contribution >= 4 is 7.68 Å². The summed E-state index contributed by atoms with van der Waals surface area (Å²) in [5.74, 6) is 0.168. The summed E-state index contributed by atoms with van der Waals surface area (Å²) in [5.41, 5.74) is -1.79. The molecular formula is C7H11O5P. The summed E-state index contributed by atoms with van der Waals surface area (Å²) in [7, 11) is -2.86. The molecule has 0 N–H and O–H groups in total. The van der Waals surface area contributed by atoms with Crippen LogP contribution in [0.3, 0.4) is 0 Å². The Balaban J connectivity index is 2.23. The SMILES string of the molecule is CCC1OC2(P(=O)=O)OCC1CO2. The molecule has 0 aromatic rings. The molecule has 2 bridgehead atoms. The molecule has 5 nitrogen and oxygen atoms in total. The molecule has 0 aliphatic carbocycles. The third kappa shape index (κ3) is 1.36. The predicted molar refractivity (Wildman–Crippen MR) is 41.6 cm³/mol. The van der Waals surface area contributed by atoms with Gasteiger partial charge in [-0.2, -0.15) is 0 Å². The quantitative estimate of drug-likeness (QED) is 0.636. The second kappa shape index (κ2) is 3.17. The third-order valence-electron chi connectivity index (χ3n) is 2.41. The molecule has 3 fully saturated rings. The summed E-state index contributed by atoms with van der Waals surface area (Å²) in [6.07, 6.45) is 0.720. The lowest BCUT2D eigenvalue weighted by atomic mass is 10.0. The zero-order valence-electron chi connectivity index (χ0n) is 7.26. The minimum Gasteiger partial charge on any atom is -0.315 e. The molecule has 3 aliphatic rings. The van der Waals surface area contributed by atoms with Crippen molar-refractivity contribution in [2.45, 2.75) is 25.2 Å². The molecule has 0 spiro atoms. The zero-order chi connectivity index (χ0) is 9.47. The van der Waals surface area contributed by atoms with Gasteiger partial charge in [-0.3, -0.25) is 0 Å². The molecule has 6 heteroatoms. The van der Waals surface area contributed by atoms with Crippen molar-refractivity contribution < 1.29 is 23.3 Å². The average Bonchev–Trinajstić information content (AvgIpc) is 2.19. The number of rotatable bonds is 2. The van der Waals surface area contributed by atoms with E-state index in [0.29, 0.717) is 13.2 Å². The van der Waals surface area contributed by atoms with E-state index in [-0.39, 0.29) is 12.0 Å². The second-order valence-corrected chi connectivity index (χ2v) is 4.29. The van der Waals surface area contributed by atoms with Crippen LogP contribution in [-0.4, -0.2) is 25.0 Å². The molecule has 13 heavy (non-hydrogen) atoms. The molecule has 0 aromatic heterocycles. The molecule has 74 valence electrons. The fourth-order valence-corrected chi connectivity index (χ4v) is 2.23. The highest BCUT2D eigenvalue weighted by molar-refractivity contribution is 7.32. The molecule has 0 radical (unpaired) electrons. The van der Waals surface area contributed by atoms with Crippen molar-refractivity contribution in [1.82, 2.24) is 0 Å². The van der Waals surface area contributed by atoms with Gasteiger partial charge in [0, 0.05) is 5.92 Å². The van der Waals surface area contributed by atoms with Crippen molar-refractivity contribution in [3.63, 3.8) is 0 Å². The van der Waals surface area contributed by atoms with Gasteiger partial charge >= 0.3 is 13.4 Å². The van der Waals surface area contributed by atoms with Crippen LogP contribution in [-0.2, 0) is 23.3 Å². The summed E-state index contributed by atoms with van der Waals surface area (Å²) in [4.78, 5) is 0. The summed E-state index contributed by atoms with van der Waals surface area (Å²) in [6, 6.07) is 0. The molecule has 3 heterocycles. The van der Waals surface area contributed by atoms with E-state index in [4.69, 9.17) is 14.2 Å². The highest BCUT2D eigenvalue weighted by atomic mass is 31.1. The molecule has 3 rings (SSSR count). The summed E-state index contributed by atoms with van der Waals surface area (Å²) < 4.78 is 37.0. The average molecular weight is 206 g/mol. The van der Waals surface area contributed by atoms with E-state index in [1.165, 1.54) is 0 Å². The maximum Gasteiger partial charge on any atom is 0.408 e. The van der Waals surface area contributed by atoms with E-state index in [1.807, 2.05) is 6.92 Å². The fourth-order valence-electron chi connectivity index (χ4n) is 1.65. The number of hydrogen-bond donors (Lipinski definition) is 0. The summed E-state index contributed by atoms with van der Waals surface area (Å²) >= 11 is 0. The van der Waals surface area contributed by atoms with E-state index in [2.05, 4.69) is 0 Å². The zero-order valence-corrected chi connectivity index (χ0v) is 8.16. The van der Waals surface area contributed by atoms with Gasteiger partial charge in [-0.05, 0) is 6.42 Å². The molecule has 3 saturated heterocycles. The van der Waals surface area contributed by atoms with Gasteiger partial charge in [-0.25, -0.2) is 9.13 Å². The van der Waals surface area contributed by atoms with Crippen LogP contribution in [0.15, 0.2) is 0 Å². The molecule has 0 aromatic carbocycles. The lowest BCUT2D eigenvalue weighted by molar-refractivity contribution is -0.421. The van der Waals surface area contributed by atoms with Gasteiger partial charge < -0.3 is 14.2 Å². The summed E-state index contributed by atoms with van der Waals surface area (Å²) in [6.45, 7) is 2.76. The van der Waals surface area contributed by atoms with Gasteiger partial charge in [0.2, 0.25) is 0 Å². The molecular weight excluding hydrogens is 195 g/mol. The molecule has 1 atom stereocenters. The van der Waals surface area contributed by atoms with E-state index in [9.17, 15) is 9.13 Å². The Bertz CT molecular complexity index is 258. The largest absolute Gasteiger partial charge is 0.408 e. The van der Waals surface area contributed by atoms with Crippen LogP contribution in [0.2, 0.25) is 0 Å². The first-order valence-corrected chi connectivity index (χ1v) is 5.46. The number of fused-ring (bicyclic) bond motifs is 3. The van der Waals surface area contributed by atoms with Gasteiger partial charge in [-0.15, -0.1) is 0 Å². The van der Waals surface area contributed by atoms with Crippen LogP contribution < -0.4 is 0 Å². The van der Waals surface area contributed by atoms with Crippen molar-refractivity contribution in [3.8, 4) is 0 Å². The van der Waals surface area contributed by atoms with Crippen LogP contribution in [0, 0.1) is 5.92 Å². The predicted octanol–water partition coefficient (Wildman–Crippen LogP) is 1.24. The van der Waals surface area contributed by atoms with Gasteiger partial charge in [0.1, 0.15) is 0 Å². The van der Waals surface area contributed by atoms with E-state index in [0.717, 1.165) is 6.42 Å². The van der Waals surface area contributed by atoms with E-state index < -0.39 is 13.4 Å². The first-order valence-electron chi connectivity index (χ1n) is 4.28. The van der Waals surface area contributed by atoms with Gasteiger partial charge in [0.25, 0.3) is 0 Å². The molecule has 0 saturated carbocycles. The number of ether oxygens (including phenoxy) is 3. The molecule has 0 amide bonds. The lowest BCUT2D eigenvalue weighted by Gasteiger charge is -2.45. The standard InChI is InChI=1S/C7H11O5P/c1-2-6-5-3-10-7(12-6,11-4-5)13(8)9/h5-6H,2-4H2,1H3. The first-order chi connectivity index (χ1) is 6.18. The Labute approximate surface area is 76.2 Å². The van der Waals surface area contributed by atoms with Gasteiger partial charge in [-0.1, -0.05) is 6.92 Å². The summed E-state index contributed by atoms with van der Waals surface area (Å²) in [5, 5.41) is 0. The Morgan fingerprint density at radius 3 is 2.46 bits per heavy atom. The Kier molecular flexibility index (Phi) is 2.28.